The number of benzene rings is 1. The molecule has 0 unspecified atom stereocenters. The van der Waals surface area contributed by atoms with Crippen LogP contribution in [0.1, 0.15) is 39.5 Å². The quantitative estimate of drug-likeness (QED) is 0.785. The van der Waals surface area contributed by atoms with Crippen molar-refractivity contribution in [2.45, 2.75) is 45.6 Å². The zero-order valence-electron chi connectivity index (χ0n) is 10.9. The van der Waals surface area contributed by atoms with Crippen molar-refractivity contribution in [2.75, 3.05) is 11.1 Å². The van der Waals surface area contributed by atoms with Gasteiger partial charge in [-0.2, -0.15) is 0 Å². The zero-order chi connectivity index (χ0) is 13.3. The van der Waals surface area contributed by atoms with Gasteiger partial charge in [-0.1, -0.05) is 13.8 Å². The third-order valence-electron chi connectivity index (χ3n) is 3.81. The fourth-order valence-electron chi connectivity index (χ4n) is 2.46. The van der Waals surface area contributed by atoms with Crippen LogP contribution >= 0.6 is 0 Å². The molecule has 1 fully saturated rings. The van der Waals surface area contributed by atoms with Gasteiger partial charge >= 0.3 is 0 Å². The van der Waals surface area contributed by atoms with E-state index in [0.29, 0.717) is 5.41 Å². The average molecular weight is 254 g/mol. The predicted molar refractivity (Wildman–Crippen MR) is 70.4 cm³/mol. The summed E-state index contributed by atoms with van der Waals surface area (Å²) in [6, 6.07) is 2.63. The number of hydrogen-bond acceptors (Lipinski definition) is 2. The van der Waals surface area contributed by atoms with Crippen LogP contribution in [0.2, 0.25) is 0 Å². The molecule has 0 aromatic heterocycles. The van der Waals surface area contributed by atoms with Crippen LogP contribution in [0.25, 0.3) is 0 Å². The lowest BCUT2D eigenvalue weighted by Gasteiger charge is -2.35. The number of nitrogens with one attached hydrogen (secondary N) is 1. The normalized spacial score (nSPS) is 19.8. The van der Waals surface area contributed by atoms with Crippen molar-refractivity contribution >= 4 is 11.4 Å². The summed E-state index contributed by atoms with van der Waals surface area (Å²) < 4.78 is 26.8. The lowest BCUT2D eigenvalue weighted by molar-refractivity contribution is 0.232. The Morgan fingerprint density at radius 2 is 1.83 bits per heavy atom. The van der Waals surface area contributed by atoms with Gasteiger partial charge in [-0.15, -0.1) is 0 Å². The minimum absolute atomic E-state index is 0.111. The van der Waals surface area contributed by atoms with Gasteiger partial charge in [-0.25, -0.2) is 8.78 Å². The van der Waals surface area contributed by atoms with Crippen molar-refractivity contribution in [2.24, 2.45) is 5.41 Å². The topological polar surface area (TPSA) is 38.0 Å². The molecule has 0 bridgehead atoms. The average Bonchev–Trinajstić information content (AvgIpc) is 2.32. The number of nitrogen functional groups attached to an aromatic ring is 1. The monoisotopic (exact) mass is 254 g/mol. The molecule has 4 heteroatoms. The van der Waals surface area contributed by atoms with Crippen LogP contribution in [0.15, 0.2) is 12.1 Å². The molecule has 1 aliphatic carbocycles. The van der Waals surface area contributed by atoms with Crippen LogP contribution < -0.4 is 11.1 Å². The number of rotatable bonds is 2. The van der Waals surface area contributed by atoms with E-state index in [9.17, 15) is 8.78 Å². The summed E-state index contributed by atoms with van der Waals surface area (Å²) in [6.07, 6.45) is 4.09. The third kappa shape index (κ3) is 2.74. The molecule has 0 aliphatic heterocycles. The van der Waals surface area contributed by atoms with Gasteiger partial charge in [0, 0.05) is 6.04 Å². The molecule has 1 saturated carbocycles. The first-order valence-electron chi connectivity index (χ1n) is 6.39. The molecule has 0 saturated heterocycles. The van der Waals surface area contributed by atoms with Crippen molar-refractivity contribution < 1.29 is 8.78 Å². The molecule has 0 amide bonds. The molecule has 3 N–H and O–H groups in total. The van der Waals surface area contributed by atoms with Crippen molar-refractivity contribution in [3.8, 4) is 0 Å². The van der Waals surface area contributed by atoms with E-state index < -0.39 is 11.6 Å². The summed E-state index contributed by atoms with van der Waals surface area (Å²) >= 11 is 0. The summed E-state index contributed by atoms with van der Waals surface area (Å²) in [5.74, 6) is -1.73. The van der Waals surface area contributed by atoms with Crippen molar-refractivity contribution in [3.05, 3.63) is 23.8 Å². The molecular formula is C14H20F2N2. The Balaban J connectivity index is 2.09. The highest BCUT2D eigenvalue weighted by molar-refractivity contribution is 5.67. The van der Waals surface area contributed by atoms with Crippen molar-refractivity contribution in [1.29, 1.82) is 0 Å². The summed E-state index contributed by atoms with van der Waals surface area (Å²) in [6.45, 7) is 4.47. The van der Waals surface area contributed by atoms with Gasteiger partial charge in [0.2, 0.25) is 0 Å². The molecular weight excluding hydrogens is 234 g/mol. The Hall–Kier alpha value is -1.32. The van der Waals surface area contributed by atoms with E-state index >= 15 is 0 Å². The Kier molecular flexibility index (Phi) is 3.46. The van der Waals surface area contributed by atoms with Crippen LogP contribution in [0.5, 0.6) is 0 Å². The molecule has 1 aliphatic rings. The first-order chi connectivity index (χ1) is 8.39. The van der Waals surface area contributed by atoms with Crippen LogP contribution in [-0.4, -0.2) is 6.04 Å². The zero-order valence-corrected chi connectivity index (χ0v) is 10.9. The first-order valence-corrected chi connectivity index (χ1v) is 6.39. The van der Waals surface area contributed by atoms with Crippen LogP contribution in [0.4, 0.5) is 20.2 Å². The van der Waals surface area contributed by atoms with Gasteiger partial charge < -0.3 is 11.1 Å². The Labute approximate surface area is 107 Å². The summed E-state index contributed by atoms with van der Waals surface area (Å²) in [5, 5.41) is 3.06. The molecule has 0 radical (unpaired) electrons. The molecule has 0 spiro atoms. The molecule has 2 nitrogen and oxygen atoms in total. The maximum absolute atomic E-state index is 13.7. The predicted octanol–water partition coefficient (Wildman–Crippen LogP) is 3.93. The van der Waals surface area contributed by atoms with Gasteiger partial charge in [0.1, 0.15) is 0 Å². The third-order valence-corrected chi connectivity index (χ3v) is 3.81. The largest absolute Gasteiger partial charge is 0.397 e. The lowest BCUT2D eigenvalue weighted by Crippen LogP contribution is -2.30. The maximum Gasteiger partial charge on any atom is 0.183 e. The van der Waals surface area contributed by atoms with Gasteiger partial charge in [0.25, 0.3) is 0 Å². The van der Waals surface area contributed by atoms with E-state index in [1.165, 1.54) is 6.07 Å². The van der Waals surface area contributed by atoms with Crippen LogP contribution in [0, 0.1) is 17.0 Å². The summed E-state index contributed by atoms with van der Waals surface area (Å²) in [7, 11) is 0. The fraction of sp³-hybridized carbons (Fsp3) is 0.571. The Morgan fingerprint density at radius 1 is 1.22 bits per heavy atom. The highest BCUT2D eigenvalue weighted by Gasteiger charge is 2.27. The van der Waals surface area contributed by atoms with Crippen LogP contribution in [-0.2, 0) is 0 Å². The summed E-state index contributed by atoms with van der Waals surface area (Å²) in [5.41, 5.74) is 6.42. The van der Waals surface area contributed by atoms with E-state index in [1.807, 2.05) is 0 Å². The molecule has 1 aromatic carbocycles. The van der Waals surface area contributed by atoms with Gasteiger partial charge in [-0.05, 0) is 43.2 Å². The second-order valence-electron chi connectivity index (χ2n) is 5.91. The second kappa shape index (κ2) is 4.75. The smallest absolute Gasteiger partial charge is 0.183 e. The standard InChI is InChI=1S/C14H20F2N2/c1-14(2)7-5-9(6-8-14)18-13-11(17)4-3-10(15)12(13)16/h3-4,9,18H,5-8,17H2,1-2H3. The van der Waals surface area contributed by atoms with Crippen LogP contribution in [0.3, 0.4) is 0 Å². The van der Waals surface area contributed by atoms with E-state index in [-0.39, 0.29) is 17.4 Å². The van der Waals surface area contributed by atoms with Gasteiger partial charge in [0.15, 0.2) is 11.6 Å². The van der Waals surface area contributed by atoms with E-state index in [1.54, 1.807) is 0 Å². The minimum Gasteiger partial charge on any atom is -0.397 e. The Morgan fingerprint density at radius 3 is 2.44 bits per heavy atom. The summed E-state index contributed by atoms with van der Waals surface area (Å²) in [4.78, 5) is 0. The second-order valence-corrected chi connectivity index (χ2v) is 5.91. The lowest BCUT2D eigenvalue weighted by atomic mass is 9.75. The van der Waals surface area contributed by atoms with Gasteiger partial charge in [-0.3, -0.25) is 0 Å². The number of nitrogens with two attached hydrogens (primary N) is 1. The van der Waals surface area contributed by atoms with Gasteiger partial charge in [0.05, 0.1) is 11.4 Å². The molecule has 100 valence electrons. The van der Waals surface area contributed by atoms with E-state index in [0.717, 1.165) is 31.7 Å². The van der Waals surface area contributed by atoms with E-state index in [2.05, 4.69) is 19.2 Å². The fourth-order valence-corrected chi connectivity index (χ4v) is 2.46. The minimum atomic E-state index is -0.875. The SMILES string of the molecule is CC1(C)CCC(Nc2c(N)ccc(F)c2F)CC1. The number of hydrogen-bond donors (Lipinski definition) is 2. The molecule has 1 aromatic rings. The number of anilines is 2. The maximum atomic E-state index is 13.7. The van der Waals surface area contributed by atoms with Crippen molar-refractivity contribution in [3.63, 3.8) is 0 Å². The van der Waals surface area contributed by atoms with E-state index in [4.69, 9.17) is 5.73 Å². The van der Waals surface area contributed by atoms with Crippen molar-refractivity contribution in [1.82, 2.24) is 0 Å². The Bertz CT molecular complexity index is 434. The molecule has 18 heavy (non-hydrogen) atoms. The molecule has 0 heterocycles. The highest BCUT2D eigenvalue weighted by atomic mass is 19.2. The molecule has 0 atom stereocenters. The highest BCUT2D eigenvalue weighted by Crippen LogP contribution is 2.37. The number of halogens is 2. The molecule has 2 rings (SSSR count). The first kappa shape index (κ1) is 13.1.